The van der Waals surface area contributed by atoms with Crippen LogP contribution in [0.5, 0.6) is 0 Å². The summed E-state index contributed by atoms with van der Waals surface area (Å²) in [6, 6.07) is 9.99. The van der Waals surface area contributed by atoms with Crippen LogP contribution < -0.4 is 0 Å². The summed E-state index contributed by atoms with van der Waals surface area (Å²) < 4.78 is 20.0. The number of halogens is 1. The molecule has 2 aromatic heterocycles. The van der Waals surface area contributed by atoms with Crippen molar-refractivity contribution < 1.29 is 13.9 Å². The van der Waals surface area contributed by atoms with Gasteiger partial charge in [-0.1, -0.05) is 6.07 Å². The molecule has 0 bridgehead atoms. The Morgan fingerprint density at radius 2 is 1.76 bits per heavy atom. The van der Waals surface area contributed by atoms with Gasteiger partial charge >= 0.3 is 0 Å². The van der Waals surface area contributed by atoms with E-state index in [2.05, 4.69) is 20.4 Å². The van der Waals surface area contributed by atoms with Crippen LogP contribution in [0.3, 0.4) is 0 Å². The summed E-state index contributed by atoms with van der Waals surface area (Å²) in [5.41, 5.74) is 3.37. The number of hydrogen-bond acceptors (Lipinski definition) is 6. The van der Waals surface area contributed by atoms with Crippen LogP contribution in [0.2, 0.25) is 0 Å². The molecule has 168 valence electrons. The highest BCUT2D eigenvalue weighted by Gasteiger charge is 2.30. The summed E-state index contributed by atoms with van der Waals surface area (Å²) in [5.74, 6) is -0.527. The molecule has 2 aromatic carbocycles. The third kappa shape index (κ3) is 4.37. The van der Waals surface area contributed by atoms with Crippen molar-refractivity contribution in [2.75, 3.05) is 19.8 Å². The number of rotatable bonds is 5. The zero-order valence-corrected chi connectivity index (χ0v) is 18.0. The average Bonchev–Trinajstić information content (AvgIpc) is 3.53. The zero-order chi connectivity index (χ0) is 22.8. The van der Waals surface area contributed by atoms with Gasteiger partial charge < -0.3 is 9.64 Å². The maximum Gasteiger partial charge on any atom is 0.256 e. The Hall–Kier alpha value is -3.92. The van der Waals surface area contributed by atoms with Crippen molar-refractivity contribution in [3.63, 3.8) is 0 Å². The number of carbonyl (C=O) groups is 1. The van der Waals surface area contributed by atoms with E-state index in [0.717, 1.165) is 11.1 Å². The van der Waals surface area contributed by atoms with Crippen LogP contribution in [0.25, 0.3) is 11.4 Å². The van der Waals surface area contributed by atoms with E-state index in [1.807, 2.05) is 25.1 Å². The number of nitrogens with zero attached hydrogens (tertiary/aromatic N) is 7. The lowest BCUT2D eigenvalue weighted by molar-refractivity contribution is -0.00166. The van der Waals surface area contributed by atoms with Crippen LogP contribution in [0, 0.1) is 12.7 Å². The van der Waals surface area contributed by atoms with Crippen molar-refractivity contribution in [1.82, 2.24) is 34.9 Å². The second-order valence-electron chi connectivity index (χ2n) is 7.91. The first-order valence-corrected chi connectivity index (χ1v) is 10.6. The highest BCUT2D eigenvalue weighted by atomic mass is 19.1. The van der Waals surface area contributed by atoms with E-state index in [1.165, 1.54) is 34.1 Å². The van der Waals surface area contributed by atoms with Crippen LogP contribution in [0.1, 0.15) is 21.5 Å². The Balaban J connectivity index is 1.44. The Kier molecular flexibility index (Phi) is 5.66. The number of aryl methyl sites for hydroxylation is 1. The average molecular weight is 447 g/mol. The summed E-state index contributed by atoms with van der Waals surface area (Å²) in [7, 11) is 0. The highest BCUT2D eigenvalue weighted by Crippen LogP contribution is 2.23. The van der Waals surface area contributed by atoms with E-state index < -0.39 is 0 Å². The molecule has 1 aliphatic heterocycles. The van der Waals surface area contributed by atoms with Crippen LogP contribution in [-0.2, 0) is 11.2 Å². The monoisotopic (exact) mass is 447 g/mol. The number of carbonyl (C=O) groups excluding carboxylic acids is 1. The van der Waals surface area contributed by atoms with Gasteiger partial charge in [0.1, 0.15) is 5.82 Å². The number of aromatic nitrogens is 6. The highest BCUT2D eigenvalue weighted by molar-refractivity contribution is 5.98. The normalized spacial score (nSPS) is 16.2. The molecule has 0 unspecified atom stereocenters. The minimum Gasteiger partial charge on any atom is -0.377 e. The van der Waals surface area contributed by atoms with Gasteiger partial charge in [0, 0.05) is 12.6 Å². The van der Waals surface area contributed by atoms with Crippen LogP contribution in [-0.4, -0.2) is 66.6 Å². The lowest BCUT2D eigenvalue weighted by atomic mass is 10.0. The molecule has 4 aromatic rings. The number of benzene rings is 2. The lowest BCUT2D eigenvalue weighted by Gasteiger charge is -2.36. The summed E-state index contributed by atoms with van der Waals surface area (Å²) in [4.78, 5) is 18.3. The predicted molar refractivity (Wildman–Crippen MR) is 117 cm³/mol. The molecule has 0 saturated carbocycles. The largest absolute Gasteiger partial charge is 0.377 e. The fourth-order valence-electron chi connectivity index (χ4n) is 4.06. The summed E-state index contributed by atoms with van der Waals surface area (Å²) in [6.07, 6.45) is 6.65. The maximum atomic E-state index is 14.3. The first-order valence-electron chi connectivity index (χ1n) is 10.6. The van der Waals surface area contributed by atoms with Crippen molar-refractivity contribution >= 4 is 5.91 Å². The van der Waals surface area contributed by atoms with Gasteiger partial charge in [0.05, 0.1) is 61.0 Å². The summed E-state index contributed by atoms with van der Waals surface area (Å²) in [5, 5.41) is 16.6. The molecule has 0 spiro atoms. The van der Waals surface area contributed by atoms with Gasteiger partial charge in [-0.15, -0.1) is 0 Å². The first-order chi connectivity index (χ1) is 16.1. The third-order valence-corrected chi connectivity index (χ3v) is 5.57. The molecule has 9 nitrogen and oxygen atoms in total. The Morgan fingerprint density at radius 3 is 2.52 bits per heavy atom. The Morgan fingerprint density at radius 1 is 1.03 bits per heavy atom. The zero-order valence-electron chi connectivity index (χ0n) is 18.0. The van der Waals surface area contributed by atoms with Gasteiger partial charge in [0.2, 0.25) is 0 Å². The fraction of sp³-hybridized carbons (Fsp3) is 0.261. The molecule has 1 saturated heterocycles. The van der Waals surface area contributed by atoms with E-state index >= 15 is 0 Å². The van der Waals surface area contributed by atoms with E-state index in [4.69, 9.17) is 4.74 Å². The second-order valence-corrected chi connectivity index (χ2v) is 7.91. The topological polar surface area (TPSA) is 91.0 Å². The molecule has 1 fully saturated rings. The van der Waals surface area contributed by atoms with E-state index in [1.54, 1.807) is 23.4 Å². The molecule has 0 N–H and O–H groups in total. The van der Waals surface area contributed by atoms with E-state index in [9.17, 15) is 9.18 Å². The van der Waals surface area contributed by atoms with Gasteiger partial charge in [-0.2, -0.15) is 30.0 Å². The Labute approximate surface area is 189 Å². The van der Waals surface area contributed by atoms with Gasteiger partial charge in [0.15, 0.2) is 0 Å². The molecule has 5 rings (SSSR count). The standard InChI is InChI=1S/C23H22FN7O2/c1-16-2-3-21(22(10-16)31-27-6-7-28-31)23(32)29-8-9-33-15-20(29)13-17-11-18(24)14-19(12-17)30-25-4-5-26-30/h2-7,10-12,14,20H,8-9,13,15H2,1H3/t20-/m1/s1. The first kappa shape index (κ1) is 21.0. The van der Waals surface area contributed by atoms with Crippen molar-refractivity contribution in [3.05, 3.63) is 83.7 Å². The molecule has 1 amide bonds. The van der Waals surface area contributed by atoms with E-state index in [-0.39, 0.29) is 17.8 Å². The Bertz CT molecular complexity index is 1260. The SMILES string of the molecule is Cc1ccc(C(=O)N2CCOC[C@H]2Cc2cc(F)cc(-n3nccn3)c2)c(-n2nccn2)c1. The van der Waals surface area contributed by atoms with Crippen LogP contribution >= 0.6 is 0 Å². The second kappa shape index (κ2) is 8.91. The molecule has 3 heterocycles. The van der Waals surface area contributed by atoms with Crippen molar-refractivity contribution in [1.29, 1.82) is 0 Å². The fourth-order valence-corrected chi connectivity index (χ4v) is 4.06. The minimum absolute atomic E-state index is 0.138. The number of ether oxygens (including phenoxy) is 1. The van der Waals surface area contributed by atoms with Crippen molar-refractivity contribution in [3.8, 4) is 11.4 Å². The maximum absolute atomic E-state index is 14.3. The predicted octanol–water partition coefficient (Wildman–Crippen LogP) is 2.38. The molecule has 10 heteroatoms. The van der Waals surface area contributed by atoms with Gasteiger partial charge in [-0.25, -0.2) is 4.39 Å². The van der Waals surface area contributed by atoms with Crippen molar-refractivity contribution in [2.45, 2.75) is 19.4 Å². The van der Waals surface area contributed by atoms with Gasteiger partial charge in [0.25, 0.3) is 5.91 Å². The molecular formula is C23H22FN7O2. The molecule has 0 radical (unpaired) electrons. The number of hydrogen-bond donors (Lipinski definition) is 0. The molecule has 0 aliphatic carbocycles. The minimum atomic E-state index is -0.389. The smallest absolute Gasteiger partial charge is 0.256 e. The number of amides is 1. The van der Waals surface area contributed by atoms with Crippen LogP contribution in [0.4, 0.5) is 4.39 Å². The molecule has 1 aliphatic rings. The van der Waals surface area contributed by atoms with E-state index in [0.29, 0.717) is 43.1 Å². The van der Waals surface area contributed by atoms with Gasteiger partial charge in [-0.05, 0) is 48.7 Å². The molecule has 33 heavy (non-hydrogen) atoms. The quantitative estimate of drug-likeness (QED) is 0.467. The van der Waals surface area contributed by atoms with Gasteiger partial charge in [-0.3, -0.25) is 4.79 Å². The summed E-state index contributed by atoms with van der Waals surface area (Å²) >= 11 is 0. The third-order valence-electron chi connectivity index (χ3n) is 5.57. The lowest BCUT2D eigenvalue weighted by Crippen LogP contribution is -2.50. The molecular weight excluding hydrogens is 425 g/mol. The summed E-state index contributed by atoms with van der Waals surface area (Å²) in [6.45, 7) is 3.19. The van der Waals surface area contributed by atoms with Crippen LogP contribution in [0.15, 0.2) is 61.2 Å². The van der Waals surface area contributed by atoms with Crippen molar-refractivity contribution in [2.24, 2.45) is 0 Å². The molecule has 1 atom stereocenters. The number of morpholine rings is 1.